The molecule has 0 spiro atoms. The Hall–Kier alpha value is -1.06. The van der Waals surface area contributed by atoms with Gasteiger partial charge in [-0.05, 0) is 30.9 Å². The average molecular weight is 507 g/mol. The minimum atomic E-state index is 0. The highest BCUT2D eigenvalue weighted by Gasteiger charge is 2.24. The second-order valence-corrected chi connectivity index (χ2v) is 7.62. The van der Waals surface area contributed by atoms with Crippen molar-refractivity contribution in [2.24, 2.45) is 10.4 Å². The maximum atomic E-state index is 5.86. The summed E-state index contributed by atoms with van der Waals surface area (Å²) in [6, 6.07) is 6.19. The summed E-state index contributed by atoms with van der Waals surface area (Å²) in [4.78, 5) is 4.72. The summed E-state index contributed by atoms with van der Waals surface area (Å²) in [5.41, 5.74) is 2.26. The van der Waals surface area contributed by atoms with Crippen molar-refractivity contribution in [3.05, 3.63) is 29.3 Å². The predicted molar refractivity (Wildman–Crippen MR) is 127 cm³/mol. The Labute approximate surface area is 187 Å². The van der Waals surface area contributed by atoms with Crippen molar-refractivity contribution >= 4 is 29.9 Å². The van der Waals surface area contributed by atoms with E-state index in [1.165, 1.54) is 0 Å². The van der Waals surface area contributed by atoms with Gasteiger partial charge < -0.3 is 24.8 Å². The van der Waals surface area contributed by atoms with Crippen LogP contribution in [0.4, 0.5) is 0 Å². The van der Waals surface area contributed by atoms with Gasteiger partial charge in [-0.25, -0.2) is 4.99 Å². The van der Waals surface area contributed by atoms with E-state index >= 15 is 0 Å². The molecule has 0 heterocycles. The fraction of sp³-hybridized carbons (Fsp3) is 0.667. The Balaban J connectivity index is 0.00000729. The maximum Gasteiger partial charge on any atom is 0.191 e. The lowest BCUT2D eigenvalue weighted by Crippen LogP contribution is -2.45. The van der Waals surface area contributed by atoms with Gasteiger partial charge in [-0.15, -0.1) is 24.0 Å². The number of aliphatic imine (C=N–C) groups is 1. The van der Waals surface area contributed by atoms with Gasteiger partial charge in [-0.3, -0.25) is 0 Å². The molecule has 2 N–H and O–H groups in total. The van der Waals surface area contributed by atoms with Crippen LogP contribution in [0.3, 0.4) is 0 Å². The molecule has 162 valence electrons. The summed E-state index contributed by atoms with van der Waals surface area (Å²) in [6.45, 7) is 13.7. The molecule has 1 aromatic rings. The molecule has 1 atom stereocenters. The molecule has 6 nitrogen and oxygen atoms in total. The fourth-order valence-corrected chi connectivity index (χ4v) is 2.60. The van der Waals surface area contributed by atoms with E-state index in [4.69, 9.17) is 19.2 Å². The zero-order valence-electron chi connectivity index (χ0n) is 18.4. The quantitative estimate of drug-likeness (QED) is 0.219. The number of nitrogens with one attached hydrogen (secondary N) is 2. The van der Waals surface area contributed by atoms with E-state index in [2.05, 4.69) is 57.4 Å². The number of methoxy groups -OCH3 is 2. The Kier molecular flexibility index (Phi) is 13.5. The average Bonchev–Trinajstić information content (AvgIpc) is 2.60. The van der Waals surface area contributed by atoms with E-state index in [9.17, 15) is 0 Å². The van der Waals surface area contributed by atoms with Gasteiger partial charge in [0.15, 0.2) is 5.96 Å². The molecule has 0 aromatic heterocycles. The molecule has 0 radical (unpaired) electrons. The topological polar surface area (TPSA) is 64.1 Å². The van der Waals surface area contributed by atoms with Crippen molar-refractivity contribution in [1.29, 1.82) is 0 Å². The van der Waals surface area contributed by atoms with Gasteiger partial charge in [0, 0.05) is 32.9 Å². The van der Waals surface area contributed by atoms with E-state index in [1.54, 1.807) is 14.2 Å². The monoisotopic (exact) mass is 507 g/mol. The lowest BCUT2D eigenvalue weighted by molar-refractivity contribution is 0.0205. The largest absolute Gasteiger partial charge is 0.491 e. The highest BCUT2D eigenvalue weighted by molar-refractivity contribution is 14.0. The Morgan fingerprint density at radius 2 is 1.86 bits per heavy atom. The summed E-state index contributed by atoms with van der Waals surface area (Å²) >= 11 is 0. The van der Waals surface area contributed by atoms with Crippen LogP contribution in [0.2, 0.25) is 0 Å². The van der Waals surface area contributed by atoms with Crippen LogP contribution in [-0.4, -0.2) is 52.6 Å². The molecule has 0 bridgehead atoms. The van der Waals surface area contributed by atoms with Crippen molar-refractivity contribution in [2.45, 2.75) is 47.3 Å². The molecular formula is C21H38IN3O3. The number of rotatable bonds is 10. The molecule has 7 heteroatoms. The van der Waals surface area contributed by atoms with Gasteiger partial charge >= 0.3 is 0 Å². The third kappa shape index (κ3) is 9.93. The van der Waals surface area contributed by atoms with Crippen LogP contribution in [-0.2, 0) is 16.0 Å². The number of benzene rings is 1. The molecule has 1 aromatic carbocycles. The molecular weight excluding hydrogens is 469 g/mol. The van der Waals surface area contributed by atoms with E-state index < -0.39 is 0 Å². The van der Waals surface area contributed by atoms with Crippen LogP contribution in [0, 0.1) is 12.3 Å². The molecule has 1 rings (SSSR count). The van der Waals surface area contributed by atoms with Gasteiger partial charge in [-0.2, -0.15) is 0 Å². The lowest BCUT2D eigenvalue weighted by atomic mass is 9.89. The molecule has 0 saturated heterocycles. The molecule has 28 heavy (non-hydrogen) atoms. The van der Waals surface area contributed by atoms with Gasteiger partial charge in [-0.1, -0.05) is 32.9 Å². The van der Waals surface area contributed by atoms with Crippen molar-refractivity contribution in [1.82, 2.24) is 10.6 Å². The standard InChI is InChI=1S/C21H37N3O3.HI/c1-8-22-20(24-15-19(26-7)21(3,4)5)23-14-17-10-9-16(2)13-18(17)27-12-11-25-6;/h9-10,13,19H,8,11-12,14-15H2,1-7H3,(H2,22,23,24);1H. The SMILES string of the molecule is CCNC(=NCc1ccc(C)cc1OCCOC)NCC(OC)C(C)(C)C.I. The molecule has 1 unspecified atom stereocenters. The molecule has 0 aliphatic heterocycles. The molecule has 0 saturated carbocycles. The van der Waals surface area contributed by atoms with Crippen LogP contribution < -0.4 is 15.4 Å². The predicted octanol–water partition coefficient (Wildman–Crippen LogP) is 3.75. The maximum absolute atomic E-state index is 5.86. The second-order valence-electron chi connectivity index (χ2n) is 7.62. The summed E-state index contributed by atoms with van der Waals surface area (Å²) in [6.07, 6.45) is 0.0914. The first-order valence-corrected chi connectivity index (χ1v) is 9.58. The highest BCUT2D eigenvalue weighted by Crippen LogP contribution is 2.22. The number of nitrogens with zero attached hydrogens (tertiary/aromatic N) is 1. The van der Waals surface area contributed by atoms with Crippen molar-refractivity contribution in [3.8, 4) is 5.75 Å². The number of aryl methyl sites for hydroxylation is 1. The summed E-state index contributed by atoms with van der Waals surface area (Å²) in [5.74, 6) is 1.63. The molecule has 0 fully saturated rings. The molecule has 0 aliphatic carbocycles. The minimum absolute atomic E-state index is 0. The van der Waals surface area contributed by atoms with Crippen molar-refractivity contribution < 1.29 is 14.2 Å². The summed E-state index contributed by atoms with van der Waals surface area (Å²) in [5, 5.41) is 6.67. The van der Waals surface area contributed by atoms with Crippen LogP contribution in [0.15, 0.2) is 23.2 Å². The number of ether oxygens (including phenoxy) is 3. The lowest BCUT2D eigenvalue weighted by Gasteiger charge is -2.30. The zero-order chi connectivity index (χ0) is 20.3. The van der Waals surface area contributed by atoms with Crippen LogP contribution in [0.25, 0.3) is 0 Å². The van der Waals surface area contributed by atoms with E-state index in [0.717, 1.165) is 29.4 Å². The first-order chi connectivity index (χ1) is 12.8. The third-order valence-electron chi connectivity index (χ3n) is 4.22. The smallest absolute Gasteiger partial charge is 0.191 e. The molecule has 0 aliphatic rings. The fourth-order valence-electron chi connectivity index (χ4n) is 2.60. The third-order valence-corrected chi connectivity index (χ3v) is 4.22. The number of guanidine groups is 1. The Bertz CT molecular complexity index is 589. The van der Waals surface area contributed by atoms with Gasteiger partial charge in [0.05, 0.1) is 19.3 Å². The molecule has 0 amide bonds. The minimum Gasteiger partial charge on any atom is -0.491 e. The van der Waals surface area contributed by atoms with E-state index in [0.29, 0.717) is 26.3 Å². The van der Waals surface area contributed by atoms with Gasteiger partial charge in [0.2, 0.25) is 0 Å². The summed E-state index contributed by atoms with van der Waals surface area (Å²) in [7, 11) is 3.42. The number of hydrogen-bond acceptors (Lipinski definition) is 4. The first kappa shape index (κ1) is 26.9. The Morgan fingerprint density at radius 1 is 1.14 bits per heavy atom. The zero-order valence-corrected chi connectivity index (χ0v) is 20.8. The van der Waals surface area contributed by atoms with Crippen LogP contribution in [0.5, 0.6) is 5.75 Å². The normalized spacial score (nSPS) is 12.9. The number of halogens is 1. The highest BCUT2D eigenvalue weighted by atomic mass is 127. The van der Waals surface area contributed by atoms with Crippen molar-refractivity contribution in [3.63, 3.8) is 0 Å². The van der Waals surface area contributed by atoms with Gasteiger partial charge in [0.1, 0.15) is 12.4 Å². The van der Waals surface area contributed by atoms with Crippen LogP contribution in [0.1, 0.15) is 38.8 Å². The van der Waals surface area contributed by atoms with Crippen molar-refractivity contribution in [2.75, 3.05) is 40.5 Å². The number of hydrogen-bond donors (Lipinski definition) is 2. The second kappa shape index (κ2) is 14.0. The van der Waals surface area contributed by atoms with Crippen LogP contribution >= 0.6 is 24.0 Å². The first-order valence-electron chi connectivity index (χ1n) is 9.58. The van der Waals surface area contributed by atoms with E-state index in [1.807, 2.05) is 6.07 Å². The van der Waals surface area contributed by atoms with E-state index in [-0.39, 0.29) is 35.5 Å². The Morgan fingerprint density at radius 3 is 2.43 bits per heavy atom. The van der Waals surface area contributed by atoms with Gasteiger partial charge in [0.25, 0.3) is 0 Å². The summed E-state index contributed by atoms with van der Waals surface area (Å²) < 4.78 is 16.5.